The third-order valence-corrected chi connectivity index (χ3v) is 10.7. The van der Waals surface area contributed by atoms with Crippen LogP contribution in [0.25, 0.3) is 56.1 Å². The van der Waals surface area contributed by atoms with Crippen molar-refractivity contribution in [2.75, 3.05) is 10.6 Å². The van der Waals surface area contributed by atoms with Gasteiger partial charge in [-0.1, -0.05) is 89.2 Å². The fraction of sp³-hybridized carbons (Fsp3) is 0.229. The molecule has 0 saturated heterocycles. The minimum atomic E-state index is -0.144. The van der Waals surface area contributed by atoms with Gasteiger partial charge in [-0.3, -0.25) is 13.8 Å². The van der Waals surface area contributed by atoms with E-state index in [-0.39, 0.29) is 11.6 Å². The van der Waals surface area contributed by atoms with Crippen LogP contribution in [0.1, 0.15) is 73.3 Å². The molecule has 0 aliphatic carbocycles. The van der Waals surface area contributed by atoms with E-state index in [1.165, 1.54) is 5.56 Å². The molecule has 0 fully saturated rings. The molecular weight excluding hydrogens is 735 g/mol. The van der Waals surface area contributed by atoms with Gasteiger partial charge in [0.15, 0.2) is 5.65 Å². The molecule has 0 radical (unpaired) electrons. The second-order valence-corrected chi connectivity index (χ2v) is 16.4. The molecule has 0 amide bonds. The molecule has 0 unspecified atom stereocenters. The average Bonchev–Trinajstić information content (AvgIpc) is 3.97. The number of benzene rings is 3. The van der Waals surface area contributed by atoms with Crippen molar-refractivity contribution in [1.82, 2.24) is 34.1 Å². The summed E-state index contributed by atoms with van der Waals surface area (Å²) in [5, 5.41) is 16.2. The van der Waals surface area contributed by atoms with Gasteiger partial charge in [-0.05, 0) is 89.3 Å². The number of pyridine rings is 1. The molecule has 0 spiro atoms. The Morgan fingerprint density at radius 1 is 0.695 bits per heavy atom. The summed E-state index contributed by atoms with van der Waals surface area (Å²) in [5.74, 6) is 3.46. The summed E-state index contributed by atoms with van der Waals surface area (Å²) in [4.78, 5) is 14.4. The summed E-state index contributed by atoms with van der Waals surface area (Å²) >= 11 is 0. The number of fused-ring (bicyclic) bond motifs is 2. The Bertz CT molecular complexity index is 2940. The molecule has 9 rings (SSSR count). The Morgan fingerprint density at radius 3 is 2.03 bits per heavy atom. The molecule has 59 heavy (non-hydrogen) atoms. The second kappa shape index (κ2) is 14.7. The van der Waals surface area contributed by atoms with Gasteiger partial charge in [0, 0.05) is 58.8 Å². The van der Waals surface area contributed by atoms with Crippen LogP contribution in [0, 0.1) is 27.7 Å². The van der Waals surface area contributed by atoms with Crippen molar-refractivity contribution in [3.63, 3.8) is 0 Å². The Hall–Kier alpha value is -7.01. The van der Waals surface area contributed by atoms with E-state index in [1.807, 2.05) is 27.0 Å². The van der Waals surface area contributed by atoms with E-state index in [9.17, 15) is 0 Å². The first-order valence-electron chi connectivity index (χ1n) is 19.9. The molecule has 11 heteroatoms. The average molecular weight is 782 g/mol. The van der Waals surface area contributed by atoms with Crippen LogP contribution in [0.15, 0.2) is 119 Å². The zero-order valence-electron chi connectivity index (χ0n) is 34.6. The quantitative estimate of drug-likeness (QED) is 0.139. The highest BCUT2D eigenvalue weighted by molar-refractivity contribution is 5.81. The molecule has 0 saturated carbocycles. The predicted octanol–water partition coefficient (Wildman–Crippen LogP) is 11.2. The molecule has 296 valence electrons. The number of nitrogens with one attached hydrogen (secondary N) is 2. The van der Waals surface area contributed by atoms with Crippen molar-refractivity contribution in [3.05, 3.63) is 149 Å². The van der Waals surface area contributed by atoms with Gasteiger partial charge < -0.3 is 19.7 Å². The normalized spacial score (nSPS) is 12.4. The SMILES string of the molecule is Cc1ccc2nc(-c3ccc(-c4c(Cc5cccc([C@@H](C)Nc6c(-c7ccc(-c8c(C)noc8C)cc7)nc7cnccn67)c5)noc4C)cc3)c(NC(C)(C)C)n2c1. The van der Waals surface area contributed by atoms with Gasteiger partial charge in [-0.2, -0.15) is 0 Å². The molecule has 6 heterocycles. The summed E-state index contributed by atoms with van der Waals surface area (Å²) in [6, 6.07) is 29.7. The summed E-state index contributed by atoms with van der Waals surface area (Å²) < 4.78 is 15.5. The smallest absolute Gasteiger partial charge is 0.157 e. The number of hydrogen-bond acceptors (Lipinski definition) is 9. The van der Waals surface area contributed by atoms with E-state index in [1.54, 1.807) is 12.4 Å². The highest BCUT2D eigenvalue weighted by Crippen LogP contribution is 2.37. The highest BCUT2D eigenvalue weighted by atomic mass is 16.5. The van der Waals surface area contributed by atoms with Gasteiger partial charge in [-0.15, -0.1) is 0 Å². The fourth-order valence-corrected chi connectivity index (χ4v) is 7.92. The number of aryl methyl sites for hydroxylation is 4. The standard InChI is InChI=1S/C48H47N9O2/c1-28-12-21-40-51-45(47(57(40)27-28)53-48(6,7)8)37-19-15-35(16-20-37)43-32(5)59-55-39(43)25-33-10-9-11-38(24-33)29(2)50-46-44(52-41-26-49-22-23-56(41)46)36-17-13-34(14-18-36)42-30(3)54-58-31(42)4/h9-24,26-27,29,50,53H,25H2,1-8H3/t29-/m1/s1. The molecule has 0 bridgehead atoms. The maximum Gasteiger partial charge on any atom is 0.157 e. The zero-order valence-corrected chi connectivity index (χ0v) is 34.6. The molecule has 9 aromatic rings. The van der Waals surface area contributed by atoms with Crippen molar-refractivity contribution in [3.8, 4) is 44.8 Å². The number of rotatable bonds is 10. The van der Waals surface area contributed by atoms with Crippen LogP contribution in [0.5, 0.6) is 0 Å². The van der Waals surface area contributed by atoms with Crippen molar-refractivity contribution in [2.24, 2.45) is 0 Å². The molecule has 0 aliphatic heterocycles. The van der Waals surface area contributed by atoms with Crippen LogP contribution >= 0.6 is 0 Å². The van der Waals surface area contributed by atoms with Crippen molar-refractivity contribution in [1.29, 1.82) is 0 Å². The lowest BCUT2D eigenvalue weighted by molar-refractivity contribution is 0.392. The largest absolute Gasteiger partial charge is 0.365 e. The molecule has 0 aliphatic rings. The lowest BCUT2D eigenvalue weighted by atomic mass is 9.96. The van der Waals surface area contributed by atoms with Crippen LogP contribution in [0.4, 0.5) is 11.6 Å². The van der Waals surface area contributed by atoms with Gasteiger partial charge in [0.25, 0.3) is 0 Å². The number of anilines is 2. The number of aromatic nitrogens is 7. The molecule has 11 nitrogen and oxygen atoms in total. The monoisotopic (exact) mass is 781 g/mol. The molecular formula is C48H47N9O2. The van der Waals surface area contributed by atoms with E-state index >= 15 is 0 Å². The van der Waals surface area contributed by atoms with E-state index < -0.39 is 0 Å². The maximum absolute atomic E-state index is 5.84. The van der Waals surface area contributed by atoms with Gasteiger partial charge in [0.05, 0.1) is 17.6 Å². The van der Waals surface area contributed by atoms with Crippen LogP contribution < -0.4 is 10.6 Å². The van der Waals surface area contributed by atoms with Crippen molar-refractivity contribution < 1.29 is 9.05 Å². The van der Waals surface area contributed by atoms with Crippen molar-refractivity contribution >= 4 is 22.9 Å². The molecule has 3 aromatic carbocycles. The Kier molecular flexibility index (Phi) is 9.38. The van der Waals surface area contributed by atoms with Gasteiger partial charge in [-0.25, -0.2) is 9.97 Å². The van der Waals surface area contributed by atoms with Crippen molar-refractivity contribution in [2.45, 2.75) is 73.4 Å². The van der Waals surface area contributed by atoms with Crippen LogP contribution in [-0.2, 0) is 6.42 Å². The lowest BCUT2D eigenvalue weighted by Gasteiger charge is -2.22. The summed E-state index contributed by atoms with van der Waals surface area (Å²) in [6.45, 7) is 16.6. The molecule has 6 aromatic heterocycles. The Labute approximate surface area is 343 Å². The third-order valence-electron chi connectivity index (χ3n) is 10.7. The minimum absolute atomic E-state index is 0.0458. The molecule has 2 N–H and O–H groups in total. The number of nitrogens with zero attached hydrogens (tertiary/aromatic N) is 7. The van der Waals surface area contributed by atoms with Crippen LogP contribution in [0.2, 0.25) is 0 Å². The first kappa shape index (κ1) is 37.6. The van der Waals surface area contributed by atoms with Crippen LogP contribution in [-0.4, -0.2) is 39.6 Å². The fourth-order valence-electron chi connectivity index (χ4n) is 7.92. The number of imidazole rings is 2. The Balaban J connectivity index is 0.973. The van der Waals surface area contributed by atoms with Gasteiger partial charge >= 0.3 is 0 Å². The van der Waals surface area contributed by atoms with E-state index in [4.69, 9.17) is 19.0 Å². The summed E-state index contributed by atoms with van der Waals surface area (Å²) in [7, 11) is 0. The van der Waals surface area contributed by atoms with E-state index in [0.717, 1.165) is 102 Å². The predicted molar refractivity (Wildman–Crippen MR) is 234 cm³/mol. The Morgan fingerprint density at radius 2 is 1.34 bits per heavy atom. The highest BCUT2D eigenvalue weighted by Gasteiger charge is 2.22. The van der Waals surface area contributed by atoms with Crippen LogP contribution in [0.3, 0.4) is 0 Å². The summed E-state index contributed by atoms with van der Waals surface area (Å²) in [6.07, 6.45) is 8.25. The van der Waals surface area contributed by atoms with Gasteiger partial charge in [0.2, 0.25) is 0 Å². The van der Waals surface area contributed by atoms with E-state index in [2.05, 4.69) is 160 Å². The third kappa shape index (κ3) is 7.24. The van der Waals surface area contributed by atoms with Gasteiger partial charge in [0.1, 0.15) is 40.2 Å². The zero-order chi connectivity index (χ0) is 41.0. The first-order chi connectivity index (χ1) is 28.4. The second-order valence-electron chi connectivity index (χ2n) is 16.4. The minimum Gasteiger partial charge on any atom is -0.365 e. The maximum atomic E-state index is 5.84. The lowest BCUT2D eigenvalue weighted by Crippen LogP contribution is -2.27. The number of hydrogen-bond donors (Lipinski definition) is 2. The summed E-state index contributed by atoms with van der Waals surface area (Å²) in [5.41, 5.74) is 14.6. The van der Waals surface area contributed by atoms with E-state index in [0.29, 0.717) is 6.42 Å². The topological polar surface area (TPSA) is 124 Å². The molecule has 1 atom stereocenters. The first-order valence-corrected chi connectivity index (χ1v) is 19.9.